The van der Waals surface area contributed by atoms with Crippen LogP contribution in [0.25, 0.3) is 60.2 Å². The molecule has 0 saturated carbocycles. The Hall–Kier alpha value is -7.62. The Balaban J connectivity index is 1.22. The molecule has 0 unspecified atom stereocenters. The van der Waals surface area contributed by atoms with Gasteiger partial charge in [-0.2, -0.15) is 0 Å². The van der Waals surface area contributed by atoms with Gasteiger partial charge in [-0.15, -0.1) is 0 Å². The third-order valence-electron chi connectivity index (χ3n) is 11.8. The molecular formula is C56H41N3. The van der Waals surface area contributed by atoms with E-state index in [-0.39, 0.29) is 0 Å². The predicted molar refractivity (Wildman–Crippen MR) is 251 cm³/mol. The Morgan fingerprint density at radius 3 is 1.81 bits per heavy atom. The second kappa shape index (κ2) is 14.7. The number of hydrogen-bond donors (Lipinski definition) is 0. The quantitative estimate of drug-likeness (QED) is 0.143. The molecule has 0 saturated heterocycles. The molecule has 0 amide bonds. The smallest absolute Gasteiger partial charge is 0.0788 e. The van der Waals surface area contributed by atoms with Gasteiger partial charge in [0.2, 0.25) is 0 Å². The zero-order chi connectivity index (χ0) is 39.1. The highest BCUT2D eigenvalue weighted by Crippen LogP contribution is 2.48. The number of para-hydroxylation sites is 4. The minimum absolute atomic E-state index is 0.976. The number of benzene rings is 9. The van der Waals surface area contributed by atoms with Crippen molar-refractivity contribution in [3.05, 3.63) is 230 Å². The lowest BCUT2D eigenvalue weighted by Crippen LogP contribution is -2.18. The molecular weight excluding hydrogens is 715 g/mol. The van der Waals surface area contributed by atoms with Crippen LogP contribution in [0.3, 0.4) is 0 Å². The summed E-state index contributed by atoms with van der Waals surface area (Å²) >= 11 is 0. The third kappa shape index (κ3) is 5.98. The number of anilines is 5. The number of hydrogen-bond acceptors (Lipinski definition) is 2. The Morgan fingerprint density at radius 1 is 0.441 bits per heavy atom. The van der Waals surface area contributed by atoms with Crippen LogP contribution in [0.4, 0.5) is 28.4 Å². The largest absolute Gasteiger partial charge is 0.314 e. The molecule has 11 rings (SSSR count). The van der Waals surface area contributed by atoms with Gasteiger partial charge in [0.25, 0.3) is 0 Å². The van der Waals surface area contributed by atoms with Gasteiger partial charge in [-0.25, -0.2) is 0 Å². The van der Waals surface area contributed by atoms with Crippen LogP contribution >= 0.6 is 0 Å². The third-order valence-corrected chi connectivity index (χ3v) is 11.8. The molecule has 0 bridgehead atoms. The molecule has 3 heteroatoms. The summed E-state index contributed by atoms with van der Waals surface area (Å²) in [6.45, 7) is 0. The summed E-state index contributed by atoms with van der Waals surface area (Å²) in [5, 5.41) is 7.32. The predicted octanol–water partition coefficient (Wildman–Crippen LogP) is 15.6. The highest BCUT2D eigenvalue weighted by atomic mass is 15.2. The van der Waals surface area contributed by atoms with Crippen LogP contribution in [0, 0.1) is 0 Å². The fourth-order valence-electron chi connectivity index (χ4n) is 9.18. The second-order valence-electron chi connectivity index (χ2n) is 15.2. The summed E-state index contributed by atoms with van der Waals surface area (Å²) in [7, 11) is 0. The summed E-state index contributed by atoms with van der Waals surface area (Å²) in [5.74, 6) is 0. The van der Waals surface area contributed by atoms with Crippen molar-refractivity contribution in [2.24, 2.45) is 0 Å². The van der Waals surface area contributed by atoms with Gasteiger partial charge in [-0.3, -0.25) is 0 Å². The van der Waals surface area contributed by atoms with E-state index >= 15 is 0 Å². The van der Waals surface area contributed by atoms with Gasteiger partial charge in [-0.05, 0) is 113 Å². The average Bonchev–Trinajstić information content (AvgIpc) is 3.66. The lowest BCUT2D eigenvalue weighted by atomic mass is 9.96. The maximum Gasteiger partial charge on any atom is 0.0788 e. The van der Waals surface area contributed by atoms with E-state index in [2.05, 4.69) is 239 Å². The van der Waals surface area contributed by atoms with E-state index in [9.17, 15) is 0 Å². The summed E-state index contributed by atoms with van der Waals surface area (Å²) in [6.07, 6.45) is 8.74. The number of aromatic nitrogens is 1. The molecule has 0 atom stereocenters. The summed E-state index contributed by atoms with van der Waals surface area (Å²) in [5.41, 5.74) is 12.8. The van der Waals surface area contributed by atoms with Crippen LogP contribution in [-0.4, -0.2) is 4.57 Å². The van der Waals surface area contributed by atoms with Crippen LogP contribution in [0.5, 0.6) is 0 Å². The van der Waals surface area contributed by atoms with Crippen molar-refractivity contribution in [3.8, 4) is 16.8 Å². The van der Waals surface area contributed by atoms with E-state index < -0.39 is 0 Å². The first-order valence-corrected chi connectivity index (χ1v) is 20.5. The zero-order valence-corrected chi connectivity index (χ0v) is 32.6. The van der Waals surface area contributed by atoms with Gasteiger partial charge in [0.15, 0.2) is 0 Å². The topological polar surface area (TPSA) is 11.4 Å². The second-order valence-corrected chi connectivity index (χ2v) is 15.2. The first-order chi connectivity index (χ1) is 29.3. The SMILES string of the molecule is C1=CCCC(N(c2ccccc2)c2cc3ccccc3c3cc(N(c4ccccc4)c4ccc(-c5ccccc5)c5c6ccccc6n(-c6ccccc6)c45)ccc23)=C1. The molecule has 9 aromatic carbocycles. The molecule has 59 heavy (non-hydrogen) atoms. The van der Waals surface area contributed by atoms with E-state index in [1.54, 1.807) is 0 Å². The van der Waals surface area contributed by atoms with Crippen molar-refractivity contribution in [2.45, 2.75) is 12.8 Å². The Labute approximate surface area is 344 Å². The maximum atomic E-state index is 2.47. The average molecular weight is 756 g/mol. The molecule has 0 radical (unpaired) electrons. The fraction of sp³-hybridized carbons (Fsp3) is 0.0357. The monoisotopic (exact) mass is 755 g/mol. The molecule has 10 aromatic rings. The van der Waals surface area contributed by atoms with Crippen molar-refractivity contribution < 1.29 is 0 Å². The van der Waals surface area contributed by atoms with Crippen molar-refractivity contribution in [1.29, 1.82) is 0 Å². The van der Waals surface area contributed by atoms with Gasteiger partial charge in [-0.1, -0.05) is 152 Å². The maximum absolute atomic E-state index is 2.47. The Morgan fingerprint density at radius 2 is 1.08 bits per heavy atom. The van der Waals surface area contributed by atoms with Gasteiger partial charge < -0.3 is 14.4 Å². The van der Waals surface area contributed by atoms with Gasteiger partial charge in [0.05, 0.1) is 22.4 Å². The van der Waals surface area contributed by atoms with E-state index in [0.717, 1.165) is 46.8 Å². The lowest BCUT2D eigenvalue weighted by Gasteiger charge is -2.31. The van der Waals surface area contributed by atoms with E-state index in [0.29, 0.717) is 0 Å². The van der Waals surface area contributed by atoms with Crippen LogP contribution in [-0.2, 0) is 0 Å². The van der Waals surface area contributed by atoms with Crippen molar-refractivity contribution in [2.75, 3.05) is 9.80 Å². The first kappa shape index (κ1) is 34.6. The molecule has 1 heterocycles. The summed E-state index contributed by atoms with van der Waals surface area (Å²) in [6, 6.07) is 75.1. The fourth-order valence-corrected chi connectivity index (χ4v) is 9.18. The van der Waals surface area contributed by atoms with Crippen LogP contribution in [0.1, 0.15) is 12.8 Å². The molecule has 0 spiro atoms. The molecule has 0 aliphatic heterocycles. The number of rotatable bonds is 8. The van der Waals surface area contributed by atoms with Gasteiger partial charge in [0.1, 0.15) is 0 Å². The van der Waals surface area contributed by atoms with Crippen molar-refractivity contribution >= 4 is 71.8 Å². The van der Waals surface area contributed by atoms with Crippen molar-refractivity contribution in [1.82, 2.24) is 4.57 Å². The molecule has 0 N–H and O–H groups in total. The van der Waals surface area contributed by atoms with Gasteiger partial charge >= 0.3 is 0 Å². The zero-order valence-electron chi connectivity index (χ0n) is 32.6. The van der Waals surface area contributed by atoms with E-state index in [1.165, 1.54) is 60.3 Å². The van der Waals surface area contributed by atoms with Crippen molar-refractivity contribution in [3.63, 3.8) is 0 Å². The van der Waals surface area contributed by atoms with Crippen LogP contribution < -0.4 is 9.80 Å². The Bertz CT molecular complexity index is 3200. The summed E-state index contributed by atoms with van der Waals surface area (Å²) < 4.78 is 2.46. The highest BCUT2D eigenvalue weighted by molar-refractivity contribution is 6.21. The van der Waals surface area contributed by atoms with Gasteiger partial charge in [0, 0.05) is 44.6 Å². The molecule has 0 fully saturated rings. The number of allylic oxidation sites excluding steroid dienone is 4. The van der Waals surface area contributed by atoms with Crippen LogP contribution in [0.2, 0.25) is 0 Å². The Kier molecular flexibility index (Phi) is 8.63. The molecule has 1 aliphatic carbocycles. The van der Waals surface area contributed by atoms with E-state index in [4.69, 9.17) is 0 Å². The normalized spacial score (nSPS) is 12.6. The minimum atomic E-state index is 0.976. The molecule has 1 aliphatic rings. The van der Waals surface area contributed by atoms with Crippen LogP contribution in [0.15, 0.2) is 230 Å². The standard InChI is InChI=1S/C56H41N3/c1-6-20-40(21-7-1)48-36-37-53(56-55(48)50-32-18-19-33-52(50)59(56)45-29-14-5-15-30-45)58(44-27-12-4-13-28-44)46-34-35-49-51(39-46)47-31-17-16-22-41(47)38-54(49)57(42-23-8-2-9-24-42)43-25-10-3-11-26-43/h1-10,12-25,27-39H,11,26H2. The van der Waals surface area contributed by atoms with E-state index in [1.807, 2.05) is 0 Å². The first-order valence-electron chi connectivity index (χ1n) is 20.5. The molecule has 3 nitrogen and oxygen atoms in total. The molecule has 1 aromatic heterocycles. The number of fused-ring (bicyclic) bond motifs is 6. The highest BCUT2D eigenvalue weighted by Gasteiger charge is 2.25. The molecule has 280 valence electrons. The summed E-state index contributed by atoms with van der Waals surface area (Å²) in [4.78, 5) is 4.93. The number of nitrogens with zero attached hydrogens (tertiary/aromatic N) is 3. The lowest BCUT2D eigenvalue weighted by molar-refractivity contribution is 0.919. The minimum Gasteiger partial charge on any atom is -0.314 e.